The summed E-state index contributed by atoms with van der Waals surface area (Å²) < 4.78 is 9.44. The number of rotatable bonds is 5. The first-order valence-corrected chi connectivity index (χ1v) is 22.3. The van der Waals surface area contributed by atoms with Gasteiger partial charge in [0, 0.05) is 66.2 Å². The fourth-order valence-electron chi connectivity index (χ4n) is 10.9. The van der Waals surface area contributed by atoms with Crippen molar-refractivity contribution in [2.24, 2.45) is 0 Å². The van der Waals surface area contributed by atoms with Crippen LogP contribution < -0.4 is 0 Å². The summed E-state index contributed by atoms with van der Waals surface area (Å²) >= 11 is 0. The van der Waals surface area contributed by atoms with Gasteiger partial charge in [-0.05, 0) is 97.1 Å². The van der Waals surface area contributed by atoms with Crippen molar-refractivity contribution < 1.29 is 0 Å². The molecule has 0 unspecified atom stereocenters. The summed E-state index contributed by atoms with van der Waals surface area (Å²) in [6, 6.07) is 78.0. The summed E-state index contributed by atoms with van der Waals surface area (Å²) in [6.07, 6.45) is 1.85. The second kappa shape index (κ2) is 13.9. The lowest BCUT2D eigenvalue weighted by molar-refractivity contribution is 1.12. The van der Waals surface area contributed by atoms with Gasteiger partial charge < -0.3 is 18.3 Å². The van der Waals surface area contributed by atoms with E-state index < -0.39 is 0 Å². The maximum atomic E-state index is 11.1. The van der Waals surface area contributed by atoms with E-state index in [1.165, 1.54) is 21.5 Å². The molecule has 0 aliphatic rings. The molecule has 6 nitrogen and oxygen atoms in total. The predicted octanol–water partition coefficient (Wildman–Crippen LogP) is 15.0. The van der Waals surface area contributed by atoms with E-state index in [0.717, 1.165) is 99.7 Å². The average Bonchev–Trinajstić information content (AvgIpc) is 4.09. The molecule has 0 N–H and O–H groups in total. The van der Waals surface area contributed by atoms with Crippen LogP contribution in [-0.2, 0) is 0 Å². The molecule has 0 aliphatic heterocycles. The SMILES string of the molecule is N#Cc1cccc(-n2c3ccccc3c3cc4c5ccccc5n(-c5ccccc5)c4cc32)c1-c1ncccc1-n1c2ccccc2c2cc3c4ccccc4n(-c4ccccc4)c3cc21. The van der Waals surface area contributed by atoms with E-state index in [4.69, 9.17) is 4.98 Å². The van der Waals surface area contributed by atoms with Crippen molar-refractivity contribution in [3.63, 3.8) is 0 Å². The molecule has 0 bridgehead atoms. The van der Waals surface area contributed by atoms with Crippen molar-refractivity contribution in [2.75, 3.05) is 0 Å². The average molecular weight is 841 g/mol. The Morgan fingerprint density at radius 2 is 0.712 bits per heavy atom. The van der Waals surface area contributed by atoms with E-state index in [1.807, 2.05) is 24.4 Å². The van der Waals surface area contributed by atoms with Crippen LogP contribution in [0.1, 0.15) is 5.56 Å². The largest absolute Gasteiger partial charge is 0.309 e. The van der Waals surface area contributed by atoms with Gasteiger partial charge in [0.2, 0.25) is 0 Å². The van der Waals surface area contributed by atoms with Crippen molar-refractivity contribution >= 4 is 87.2 Å². The molecular formula is C60H36N6. The van der Waals surface area contributed by atoms with Crippen LogP contribution in [0.2, 0.25) is 0 Å². The highest BCUT2D eigenvalue weighted by atomic mass is 15.0. The molecule has 0 aliphatic carbocycles. The van der Waals surface area contributed by atoms with Crippen molar-refractivity contribution in [1.82, 2.24) is 23.3 Å². The number of nitriles is 1. The number of hydrogen-bond acceptors (Lipinski definition) is 2. The maximum Gasteiger partial charge on any atom is 0.0999 e. The number of aromatic nitrogens is 5. The molecule has 5 heterocycles. The van der Waals surface area contributed by atoms with Crippen molar-refractivity contribution in [2.45, 2.75) is 0 Å². The monoisotopic (exact) mass is 840 g/mol. The Balaban J connectivity index is 1.08. The van der Waals surface area contributed by atoms with Crippen LogP contribution in [0.3, 0.4) is 0 Å². The molecule has 0 saturated heterocycles. The van der Waals surface area contributed by atoms with Gasteiger partial charge in [-0.1, -0.05) is 115 Å². The van der Waals surface area contributed by atoms with E-state index in [-0.39, 0.29) is 0 Å². The normalized spacial score (nSPS) is 11.9. The van der Waals surface area contributed by atoms with E-state index in [1.54, 1.807) is 0 Å². The van der Waals surface area contributed by atoms with Crippen molar-refractivity contribution in [3.05, 3.63) is 224 Å². The van der Waals surface area contributed by atoms with Crippen LogP contribution in [0.25, 0.3) is 121 Å². The van der Waals surface area contributed by atoms with Gasteiger partial charge in [-0.3, -0.25) is 4.98 Å². The number of pyridine rings is 1. The molecule has 5 aromatic heterocycles. The van der Waals surface area contributed by atoms with Gasteiger partial charge in [0.05, 0.1) is 72.8 Å². The second-order valence-corrected chi connectivity index (χ2v) is 17.0. The van der Waals surface area contributed by atoms with E-state index in [2.05, 4.69) is 218 Å². The van der Waals surface area contributed by atoms with E-state index >= 15 is 0 Å². The Hall–Kier alpha value is -9.18. The zero-order chi connectivity index (χ0) is 43.5. The summed E-state index contributed by atoms with van der Waals surface area (Å²) in [5.41, 5.74) is 14.8. The first-order valence-electron chi connectivity index (χ1n) is 22.3. The standard InChI is InChI=1S/C60H36N6/c61-37-38-17-15-30-53(65-51-28-13-9-24-43(51)47-33-45-41-22-7-11-26-49(41)63(55(45)35-57(47)65)39-18-3-1-4-19-39)59(38)60-54(31-16-32-62-60)66-52-29-14-10-25-44(52)48-34-46-42-23-8-12-27-50(42)64(56(46)36-58(48)66)40-20-5-2-6-21-40/h1-36H. The number of benzene rings is 9. The minimum Gasteiger partial charge on any atom is -0.309 e. The van der Waals surface area contributed by atoms with Gasteiger partial charge in [0.25, 0.3) is 0 Å². The van der Waals surface area contributed by atoms with Crippen molar-refractivity contribution in [1.29, 1.82) is 5.26 Å². The molecule has 9 aromatic carbocycles. The molecule has 66 heavy (non-hydrogen) atoms. The molecule has 0 spiro atoms. The van der Waals surface area contributed by atoms with Crippen LogP contribution in [0.15, 0.2) is 219 Å². The lowest BCUT2D eigenvalue weighted by Gasteiger charge is -2.19. The fourth-order valence-corrected chi connectivity index (χ4v) is 10.9. The van der Waals surface area contributed by atoms with Crippen LogP contribution in [0.5, 0.6) is 0 Å². The van der Waals surface area contributed by atoms with Gasteiger partial charge in [-0.25, -0.2) is 0 Å². The van der Waals surface area contributed by atoms with Crippen LogP contribution in [0, 0.1) is 11.3 Å². The Morgan fingerprint density at radius 3 is 1.18 bits per heavy atom. The lowest BCUT2D eigenvalue weighted by atomic mass is 10.00. The third-order valence-corrected chi connectivity index (χ3v) is 13.6. The first kappa shape index (κ1) is 36.3. The third kappa shape index (κ3) is 5.02. The molecule has 0 radical (unpaired) electrons. The molecule has 306 valence electrons. The molecule has 0 atom stereocenters. The van der Waals surface area contributed by atoms with Gasteiger partial charge in [-0.2, -0.15) is 5.26 Å². The molecule has 0 fully saturated rings. The predicted molar refractivity (Wildman–Crippen MR) is 272 cm³/mol. The summed E-state index contributed by atoms with van der Waals surface area (Å²) in [5.74, 6) is 0. The minimum atomic E-state index is 0.546. The topological polar surface area (TPSA) is 56.4 Å². The number of hydrogen-bond donors (Lipinski definition) is 0. The maximum absolute atomic E-state index is 11.1. The molecule has 6 heteroatoms. The Kier molecular flexibility index (Phi) is 7.65. The second-order valence-electron chi connectivity index (χ2n) is 17.0. The highest BCUT2D eigenvalue weighted by Gasteiger charge is 2.25. The van der Waals surface area contributed by atoms with Crippen LogP contribution in [-0.4, -0.2) is 23.3 Å². The van der Waals surface area contributed by atoms with Crippen LogP contribution >= 0.6 is 0 Å². The molecule has 14 rings (SSSR count). The van der Waals surface area contributed by atoms with Gasteiger partial charge in [0.15, 0.2) is 0 Å². The minimum absolute atomic E-state index is 0.546. The quantitative estimate of drug-likeness (QED) is 0.173. The smallest absolute Gasteiger partial charge is 0.0999 e. The van der Waals surface area contributed by atoms with Gasteiger partial charge in [0.1, 0.15) is 0 Å². The summed E-state index contributed by atoms with van der Waals surface area (Å²) in [7, 11) is 0. The zero-order valence-electron chi connectivity index (χ0n) is 35.5. The first-order chi connectivity index (χ1) is 32.7. The molecule has 0 amide bonds. The van der Waals surface area contributed by atoms with Crippen LogP contribution in [0.4, 0.5) is 0 Å². The van der Waals surface area contributed by atoms with E-state index in [9.17, 15) is 5.26 Å². The Labute approximate surface area is 378 Å². The number of para-hydroxylation sites is 6. The highest BCUT2D eigenvalue weighted by Crippen LogP contribution is 2.45. The lowest BCUT2D eigenvalue weighted by Crippen LogP contribution is -2.05. The summed E-state index contributed by atoms with van der Waals surface area (Å²) in [5, 5.41) is 20.5. The molecular weight excluding hydrogens is 805 g/mol. The van der Waals surface area contributed by atoms with Gasteiger partial charge >= 0.3 is 0 Å². The van der Waals surface area contributed by atoms with Gasteiger partial charge in [-0.15, -0.1) is 0 Å². The summed E-state index contributed by atoms with van der Waals surface area (Å²) in [4.78, 5) is 5.26. The molecule has 14 aromatic rings. The zero-order valence-corrected chi connectivity index (χ0v) is 35.5. The third-order valence-electron chi connectivity index (χ3n) is 13.6. The number of nitrogens with zero attached hydrogens (tertiary/aromatic N) is 6. The molecule has 0 saturated carbocycles. The summed E-state index contributed by atoms with van der Waals surface area (Å²) in [6.45, 7) is 0. The number of fused-ring (bicyclic) bond motifs is 12. The van der Waals surface area contributed by atoms with E-state index in [0.29, 0.717) is 5.56 Å². The Bertz CT molecular complexity index is 4350. The van der Waals surface area contributed by atoms with Crippen molar-refractivity contribution in [3.8, 4) is 40.1 Å². The fraction of sp³-hybridized carbons (Fsp3) is 0. The highest BCUT2D eigenvalue weighted by molar-refractivity contribution is 6.21. The Morgan fingerprint density at radius 1 is 0.318 bits per heavy atom.